The molecule has 1 aliphatic heterocycles. The molecule has 2 saturated carbocycles. The van der Waals surface area contributed by atoms with Crippen LogP contribution in [0.15, 0.2) is 4.34 Å². The summed E-state index contributed by atoms with van der Waals surface area (Å²) in [7, 11) is 0. The fourth-order valence-electron chi connectivity index (χ4n) is 3.87. The molecule has 3 fully saturated rings. The standard InChI is InChI=1S/C16H24N4OS2/c21-14(20-9-3-5-11-4-1-2-6-13(11)20)10-22-16-19-18-15(23-16)17-12-7-8-12/h11-13H,1-10H2,(H,17,18). The predicted octanol–water partition coefficient (Wildman–Crippen LogP) is 3.39. The zero-order valence-corrected chi connectivity index (χ0v) is 15.0. The van der Waals surface area contributed by atoms with Crippen LogP contribution in [0, 0.1) is 5.92 Å². The second kappa shape index (κ2) is 6.97. The van der Waals surface area contributed by atoms with Crippen molar-refractivity contribution in [2.45, 2.75) is 67.8 Å². The van der Waals surface area contributed by atoms with Crippen molar-refractivity contribution in [3.8, 4) is 0 Å². The van der Waals surface area contributed by atoms with Crippen molar-refractivity contribution in [1.82, 2.24) is 15.1 Å². The summed E-state index contributed by atoms with van der Waals surface area (Å²) in [6, 6.07) is 1.10. The number of carbonyl (C=O) groups is 1. The number of aromatic nitrogens is 2. The van der Waals surface area contributed by atoms with E-state index in [1.165, 1.54) is 51.4 Å². The van der Waals surface area contributed by atoms with E-state index in [-0.39, 0.29) is 0 Å². The quantitative estimate of drug-likeness (QED) is 0.823. The maximum atomic E-state index is 12.7. The summed E-state index contributed by atoms with van der Waals surface area (Å²) >= 11 is 3.12. The smallest absolute Gasteiger partial charge is 0.233 e. The minimum atomic E-state index is 0.290. The lowest BCUT2D eigenvalue weighted by molar-refractivity contribution is -0.134. The van der Waals surface area contributed by atoms with Gasteiger partial charge in [0.05, 0.1) is 5.75 Å². The van der Waals surface area contributed by atoms with Gasteiger partial charge in [-0.3, -0.25) is 4.79 Å². The third-order valence-electron chi connectivity index (χ3n) is 5.19. The molecule has 2 heterocycles. The second-order valence-electron chi connectivity index (χ2n) is 6.92. The molecule has 1 aromatic heterocycles. The largest absolute Gasteiger partial charge is 0.357 e. The van der Waals surface area contributed by atoms with E-state index in [1.807, 2.05) is 0 Å². The number of likely N-dealkylation sites (tertiary alicyclic amines) is 1. The van der Waals surface area contributed by atoms with Gasteiger partial charge in [-0.15, -0.1) is 10.2 Å². The number of nitrogens with zero attached hydrogens (tertiary/aromatic N) is 3. The monoisotopic (exact) mass is 352 g/mol. The highest BCUT2D eigenvalue weighted by atomic mass is 32.2. The van der Waals surface area contributed by atoms with E-state index in [0.29, 0.717) is 23.7 Å². The minimum Gasteiger partial charge on any atom is -0.357 e. The summed E-state index contributed by atoms with van der Waals surface area (Å²) in [5.74, 6) is 1.54. The molecule has 2 unspecified atom stereocenters. The lowest BCUT2D eigenvalue weighted by Gasteiger charge is -2.44. The number of fused-ring (bicyclic) bond motifs is 1. The van der Waals surface area contributed by atoms with Gasteiger partial charge in [-0.1, -0.05) is 35.9 Å². The number of nitrogens with one attached hydrogen (secondary N) is 1. The van der Waals surface area contributed by atoms with Gasteiger partial charge in [-0.25, -0.2) is 0 Å². The molecule has 1 saturated heterocycles. The lowest BCUT2D eigenvalue weighted by Crippen LogP contribution is -2.50. The molecule has 2 atom stereocenters. The Hall–Kier alpha value is -0.820. The minimum absolute atomic E-state index is 0.290. The van der Waals surface area contributed by atoms with Crippen molar-refractivity contribution in [3.63, 3.8) is 0 Å². The van der Waals surface area contributed by atoms with Gasteiger partial charge in [0.2, 0.25) is 11.0 Å². The van der Waals surface area contributed by atoms with Crippen molar-refractivity contribution in [1.29, 1.82) is 0 Å². The molecule has 5 nitrogen and oxygen atoms in total. The van der Waals surface area contributed by atoms with Gasteiger partial charge >= 0.3 is 0 Å². The molecule has 2 aliphatic carbocycles. The average Bonchev–Trinajstić information content (AvgIpc) is 3.28. The third-order valence-corrected chi connectivity index (χ3v) is 7.17. The number of anilines is 1. The highest BCUT2D eigenvalue weighted by Gasteiger charge is 2.35. The van der Waals surface area contributed by atoms with Crippen LogP contribution in [-0.2, 0) is 4.79 Å². The number of hydrogen-bond donors (Lipinski definition) is 1. The fourth-order valence-corrected chi connectivity index (χ4v) is 5.58. The second-order valence-corrected chi connectivity index (χ2v) is 9.12. The first-order valence-corrected chi connectivity index (χ1v) is 10.6. The molecule has 1 amide bonds. The van der Waals surface area contributed by atoms with E-state index in [2.05, 4.69) is 20.4 Å². The van der Waals surface area contributed by atoms with E-state index in [1.54, 1.807) is 23.1 Å². The molecule has 0 spiro atoms. The first-order chi connectivity index (χ1) is 11.3. The maximum Gasteiger partial charge on any atom is 0.233 e. The van der Waals surface area contributed by atoms with Crippen LogP contribution in [0.5, 0.6) is 0 Å². The van der Waals surface area contributed by atoms with Gasteiger partial charge < -0.3 is 10.2 Å². The highest BCUT2D eigenvalue weighted by Crippen LogP contribution is 2.36. The summed E-state index contributed by atoms with van der Waals surface area (Å²) < 4.78 is 0.902. The number of piperidine rings is 1. The molecular formula is C16H24N4OS2. The summed E-state index contributed by atoms with van der Waals surface area (Å²) in [6.07, 6.45) is 10.1. The summed E-state index contributed by atoms with van der Waals surface area (Å²) in [5.41, 5.74) is 0. The molecule has 0 radical (unpaired) electrons. The van der Waals surface area contributed by atoms with Crippen LogP contribution in [0.3, 0.4) is 0 Å². The Morgan fingerprint density at radius 3 is 2.87 bits per heavy atom. The van der Waals surface area contributed by atoms with Crippen LogP contribution >= 0.6 is 23.1 Å². The third kappa shape index (κ3) is 3.82. The summed E-state index contributed by atoms with van der Waals surface area (Å²) in [5, 5.41) is 12.6. The highest BCUT2D eigenvalue weighted by molar-refractivity contribution is 8.01. The zero-order valence-electron chi connectivity index (χ0n) is 13.4. The van der Waals surface area contributed by atoms with Gasteiger partial charge in [0.15, 0.2) is 4.34 Å². The van der Waals surface area contributed by atoms with E-state index >= 15 is 0 Å². The zero-order chi connectivity index (χ0) is 15.6. The van der Waals surface area contributed by atoms with Gasteiger partial charge in [-0.2, -0.15) is 0 Å². The molecule has 1 N–H and O–H groups in total. The van der Waals surface area contributed by atoms with Gasteiger partial charge in [0.25, 0.3) is 0 Å². The van der Waals surface area contributed by atoms with Gasteiger partial charge in [-0.05, 0) is 44.4 Å². The summed E-state index contributed by atoms with van der Waals surface area (Å²) in [4.78, 5) is 14.8. The van der Waals surface area contributed by atoms with Crippen LogP contribution in [0.1, 0.15) is 51.4 Å². The number of thioether (sulfide) groups is 1. The Labute approximate surface area is 145 Å². The summed E-state index contributed by atoms with van der Waals surface area (Å²) in [6.45, 7) is 0.950. The first-order valence-electron chi connectivity index (χ1n) is 8.82. The Bertz CT molecular complexity index is 558. The van der Waals surface area contributed by atoms with Crippen LogP contribution in [-0.4, -0.2) is 45.4 Å². The average molecular weight is 353 g/mol. The number of rotatable bonds is 5. The van der Waals surface area contributed by atoms with Gasteiger partial charge in [0, 0.05) is 18.6 Å². The number of amides is 1. The topological polar surface area (TPSA) is 58.1 Å². The van der Waals surface area contributed by atoms with Crippen molar-refractivity contribution in [2.75, 3.05) is 17.6 Å². The normalized spacial score (nSPS) is 27.6. The Morgan fingerprint density at radius 1 is 1.17 bits per heavy atom. The first kappa shape index (κ1) is 15.7. The Balaban J connectivity index is 1.31. The molecule has 0 bridgehead atoms. The van der Waals surface area contributed by atoms with E-state index in [4.69, 9.17) is 0 Å². The van der Waals surface area contributed by atoms with Crippen LogP contribution in [0.4, 0.5) is 5.13 Å². The van der Waals surface area contributed by atoms with Crippen molar-refractivity contribution in [2.24, 2.45) is 5.92 Å². The van der Waals surface area contributed by atoms with E-state index in [9.17, 15) is 4.79 Å². The SMILES string of the molecule is O=C(CSc1nnc(NC2CC2)s1)N1CCCC2CCCCC21. The molecule has 126 valence electrons. The van der Waals surface area contributed by atoms with Crippen LogP contribution in [0.25, 0.3) is 0 Å². The molecule has 7 heteroatoms. The molecule has 4 rings (SSSR count). The van der Waals surface area contributed by atoms with Crippen LogP contribution in [0.2, 0.25) is 0 Å². The van der Waals surface area contributed by atoms with E-state index in [0.717, 1.165) is 21.9 Å². The predicted molar refractivity (Wildman–Crippen MR) is 94.0 cm³/mol. The van der Waals surface area contributed by atoms with Crippen molar-refractivity contribution >= 4 is 34.1 Å². The maximum absolute atomic E-state index is 12.7. The Morgan fingerprint density at radius 2 is 2.00 bits per heavy atom. The molecule has 1 aromatic rings. The van der Waals surface area contributed by atoms with Crippen molar-refractivity contribution < 1.29 is 4.79 Å². The van der Waals surface area contributed by atoms with Crippen LogP contribution < -0.4 is 5.32 Å². The molecule has 23 heavy (non-hydrogen) atoms. The molecule has 3 aliphatic rings. The number of carbonyl (C=O) groups excluding carboxylic acids is 1. The van der Waals surface area contributed by atoms with E-state index < -0.39 is 0 Å². The number of hydrogen-bond acceptors (Lipinski definition) is 6. The Kier molecular flexibility index (Phi) is 4.76. The fraction of sp³-hybridized carbons (Fsp3) is 0.812. The van der Waals surface area contributed by atoms with Gasteiger partial charge in [0.1, 0.15) is 0 Å². The van der Waals surface area contributed by atoms with Crippen molar-refractivity contribution in [3.05, 3.63) is 0 Å². The lowest BCUT2D eigenvalue weighted by atomic mass is 9.78. The molecular weight excluding hydrogens is 328 g/mol. The molecule has 0 aromatic carbocycles.